The van der Waals surface area contributed by atoms with E-state index >= 15 is 0 Å². The number of carbonyl (C=O) groups is 2. The Balaban J connectivity index is 1.69. The second kappa shape index (κ2) is 7.38. The number of imide groups is 1. The van der Waals surface area contributed by atoms with Gasteiger partial charge in [-0.25, -0.2) is 0 Å². The third-order valence-corrected chi connectivity index (χ3v) is 4.52. The zero-order valence-corrected chi connectivity index (χ0v) is 14.4. The topological polar surface area (TPSA) is 55.8 Å². The van der Waals surface area contributed by atoms with Crippen molar-refractivity contribution in [1.29, 1.82) is 0 Å². The normalized spacial score (nSPS) is 17.0. The number of hydrogen-bond donors (Lipinski definition) is 0. The minimum Gasteiger partial charge on any atom is -0.493 e. The van der Waals surface area contributed by atoms with Gasteiger partial charge >= 0.3 is 0 Å². The number of methoxy groups -OCH3 is 2. The second-order valence-electron chi connectivity index (χ2n) is 5.99. The molecular weight excluding hydrogens is 318 g/mol. The highest BCUT2D eigenvalue weighted by Gasteiger charge is 2.38. The molecule has 25 heavy (non-hydrogen) atoms. The average Bonchev–Trinajstić information content (AvgIpc) is 2.94. The van der Waals surface area contributed by atoms with Crippen molar-refractivity contribution >= 4 is 11.8 Å². The number of ether oxygens (including phenoxy) is 2. The molecule has 2 aromatic rings. The average molecular weight is 339 g/mol. The molecule has 0 radical (unpaired) electrons. The minimum atomic E-state index is -0.362. The maximum Gasteiger partial charge on any atom is 0.237 e. The summed E-state index contributed by atoms with van der Waals surface area (Å²) >= 11 is 0. The molecule has 0 unspecified atom stereocenters. The number of rotatable bonds is 6. The van der Waals surface area contributed by atoms with Gasteiger partial charge in [-0.05, 0) is 29.7 Å². The van der Waals surface area contributed by atoms with Gasteiger partial charge in [0.15, 0.2) is 11.5 Å². The number of likely N-dealkylation sites (tertiary alicyclic amines) is 1. The first-order valence-electron chi connectivity index (χ1n) is 8.24. The Morgan fingerprint density at radius 2 is 1.72 bits per heavy atom. The van der Waals surface area contributed by atoms with Crippen LogP contribution in [0.4, 0.5) is 0 Å². The molecule has 2 aromatic carbocycles. The van der Waals surface area contributed by atoms with Crippen molar-refractivity contribution in [2.45, 2.75) is 18.8 Å². The van der Waals surface area contributed by atoms with Crippen LogP contribution in [0.15, 0.2) is 48.5 Å². The Morgan fingerprint density at radius 1 is 1.00 bits per heavy atom. The monoisotopic (exact) mass is 339 g/mol. The van der Waals surface area contributed by atoms with Crippen LogP contribution < -0.4 is 9.47 Å². The van der Waals surface area contributed by atoms with E-state index in [1.54, 1.807) is 14.2 Å². The van der Waals surface area contributed by atoms with E-state index < -0.39 is 0 Å². The van der Waals surface area contributed by atoms with E-state index in [1.165, 1.54) is 4.90 Å². The van der Waals surface area contributed by atoms with E-state index in [-0.39, 0.29) is 24.2 Å². The Morgan fingerprint density at radius 3 is 2.40 bits per heavy atom. The predicted molar refractivity (Wildman–Crippen MR) is 93.8 cm³/mol. The van der Waals surface area contributed by atoms with Gasteiger partial charge in [0.25, 0.3) is 0 Å². The first-order valence-corrected chi connectivity index (χ1v) is 8.24. The summed E-state index contributed by atoms with van der Waals surface area (Å²) in [6.45, 7) is 0.372. The molecule has 1 atom stereocenters. The molecule has 1 saturated heterocycles. The summed E-state index contributed by atoms with van der Waals surface area (Å²) in [5.74, 6) is 0.708. The SMILES string of the molecule is COc1ccc(CCN2C(=O)C[C@H](c3ccccc3)C2=O)cc1OC. The Kier molecular flexibility index (Phi) is 5.03. The molecule has 0 N–H and O–H groups in total. The largest absolute Gasteiger partial charge is 0.493 e. The lowest BCUT2D eigenvalue weighted by atomic mass is 9.98. The number of amides is 2. The first-order chi connectivity index (χ1) is 12.1. The van der Waals surface area contributed by atoms with Crippen LogP contribution in [0.5, 0.6) is 11.5 Å². The molecule has 5 heteroatoms. The van der Waals surface area contributed by atoms with E-state index in [2.05, 4.69) is 0 Å². The van der Waals surface area contributed by atoms with Crippen molar-refractivity contribution in [2.24, 2.45) is 0 Å². The summed E-state index contributed by atoms with van der Waals surface area (Å²) < 4.78 is 10.5. The quantitative estimate of drug-likeness (QED) is 0.760. The van der Waals surface area contributed by atoms with Gasteiger partial charge in [-0.15, -0.1) is 0 Å². The molecule has 130 valence electrons. The molecule has 5 nitrogen and oxygen atoms in total. The highest BCUT2D eigenvalue weighted by molar-refractivity contribution is 6.06. The van der Waals surface area contributed by atoms with Crippen molar-refractivity contribution in [3.05, 3.63) is 59.7 Å². The maximum absolute atomic E-state index is 12.6. The summed E-state index contributed by atoms with van der Waals surface area (Å²) in [6.07, 6.45) is 0.828. The first kappa shape index (κ1) is 17.0. The Bertz CT molecular complexity index is 773. The number of benzene rings is 2. The molecule has 0 saturated carbocycles. The van der Waals surface area contributed by atoms with Gasteiger partial charge in [0.2, 0.25) is 11.8 Å². The third kappa shape index (κ3) is 3.50. The van der Waals surface area contributed by atoms with Gasteiger partial charge in [0.05, 0.1) is 20.1 Å². The van der Waals surface area contributed by atoms with Gasteiger partial charge < -0.3 is 9.47 Å². The second-order valence-corrected chi connectivity index (χ2v) is 5.99. The van der Waals surface area contributed by atoms with Crippen molar-refractivity contribution in [3.63, 3.8) is 0 Å². The smallest absolute Gasteiger partial charge is 0.237 e. The third-order valence-electron chi connectivity index (χ3n) is 4.52. The molecule has 1 aliphatic heterocycles. The van der Waals surface area contributed by atoms with Crippen molar-refractivity contribution < 1.29 is 19.1 Å². The van der Waals surface area contributed by atoms with Gasteiger partial charge in [0.1, 0.15) is 0 Å². The van der Waals surface area contributed by atoms with E-state index in [0.29, 0.717) is 24.5 Å². The fourth-order valence-electron chi connectivity index (χ4n) is 3.14. The van der Waals surface area contributed by atoms with Crippen molar-refractivity contribution in [2.75, 3.05) is 20.8 Å². The Hall–Kier alpha value is -2.82. The fraction of sp³-hybridized carbons (Fsp3) is 0.300. The van der Waals surface area contributed by atoms with Crippen molar-refractivity contribution in [1.82, 2.24) is 4.90 Å². The van der Waals surface area contributed by atoms with E-state index in [9.17, 15) is 9.59 Å². The van der Waals surface area contributed by atoms with Gasteiger partial charge in [-0.3, -0.25) is 14.5 Å². The van der Waals surface area contributed by atoms with Gasteiger partial charge in [-0.1, -0.05) is 36.4 Å². The molecule has 0 spiro atoms. The zero-order valence-electron chi connectivity index (χ0n) is 14.4. The highest BCUT2D eigenvalue weighted by atomic mass is 16.5. The van der Waals surface area contributed by atoms with Crippen LogP contribution in [-0.2, 0) is 16.0 Å². The minimum absolute atomic E-state index is 0.112. The van der Waals surface area contributed by atoms with Crippen LogP contribution in [0.2, 0.25) is 0 Å². The van der Waals surface area contributed by atoms with Crippen LogP contribution in [-0.4, -0.2) is 37.5 Å². The van der Waals surface area contributed by atoms with Gasteiger partial charge in [0, 0.05) is 13.0 Å². The van der Waals surface area contributed by atoms with E-state index in [1.807, 2.05) is 48.5 Å². The zero-order chi connectivity index (χ0) is 17.8. The maximum atomic E-state index is 12.6. The lowest BCUT2D eigenvalue weighted by Gasteiger charge is -2.16. The summed E-state index contributed by atoms with van der Waals surface area (Å²) in [5.41, 5.74) is 1.89. The molecule has 0 bridgehead atoms. The number of carbonyl (C=O) groups excluding carboxylic acids is 2. The lowest BCUT2D eigenvalue weighted by molar-refractivity contribution is -0.138. The molecule has 3 rings (SSSR count). The number of hydrogen-bond acceptors (Lipinski definition) is 4. The molecule has 2 amide bonds. The van der Waals surface area contributed by atoms with Gasteiger partial charge in [-0.2, -0.15) is 0 Å². The fourth-order valence-corrected chi connectivity index (χ4v) is 3.14. The molecule has 1 aliphatic rings. The van der Waals surface area contributed by atoms with Crippen LogP contribution in [0.1, 0.15) is 23.5 Å². The summed E-state index contributed by atoms with van der Waals surface area (Å²) in [6, 6.07) is 15.1. The molecule has 1 fully saturated rings. The summed E-state index contributed by atoms with van der Waals surface area (Å²) in [4.78, 5) is 26.3. The standard InChI is InChI=1S/C20H21NO4/c1-24-17-9-8-14(12-18(17)25-2)10-11-21-19(22)13-16(20(21)23)15-6-4-3-5-7-15/h3-9,12,16H,10-11,13H2,1-2H3/t16-/m1/s1. The molecule has 0 aromatic heterocycles. The van der Waals surface area contributed by atoms with Crippen molar-refractivity contribution in [3.8, 4) is 11.5 Å². The Labute approximate surface area is 147 Å². The van der Waals surface area contributed by atoms with Crippen LogP contribution in [0, 0.1) is 0 Å². The molecule has 1 heterocycles. The van der Waals surface area contributed by atoms with E-state index in [0.717, 1.165) is 11.1 Å². The highest BCUT2D eigenvalue weighted by Crippen LogP contribution is 2.31. The van der Waals surface area contributed by atoms with Crippen LogP contribution in [0.25, 0.3) is 0 Å². The summed E-state index contributed by atoms with van der Waals surface area (Å²) in [5, 5.41) is 0. The summed E-state index contributed by atoms with van der Waals surface area (Å²) in [7, 11) is 3.17. The van der Waals surface area contributed by atoms with Crippen LogP contribution >= 0.6 is 0 Å². The predicted octanol–water partition coefficient (Wildman–Crippen LogP) is 2.79. The van der Waals surface area contributed by atoms with Crippen LogP contribution in [0.3, 0.4) is 0 Å². The molecule has 0 aliphatic carbocycles. The lowest BCUT2D eigenvalue weighted by Crippen LogP contribution is -2.32. The van der Waals surface area contributed by atoms with E-state index in [4.69, 9.17) is 9.47 Å². The number of nitrogens with zero attached hydrogens (tertiary/aromatic N) is 1. The molecular formula is C20H21NO4.